The zero-order valence-electron chi connectivity index (χ0n) is 10.8. The second-order valence-corrected chi connectivity index (χ2v) is 3.97. The number of nitrogens with zero attached hydrogens (tertiary/aromatic N) is 3. The maximum Gasteiger partial charge on any atom is 0.280 e. The molecule has 0 aliphatic rings. The lowest BCUT2D eigenvalue weighted by Gasteiger charge is -2.16. The predicted molar refractivity (Wildman–Crippen MR) is 69.2 cm³/mol. The monoisotopic (exact) mass is 249 g/mol. The van der Waals surface area contributed by atoms with E-state index in [9.17, 15) is 4.79 Å². The van der Waals surface area contributed by atoms with Gasteiger partial charge in [-0.1, -0.05) is 0 Å². The highest BCUT2D eigenvalue weighted by Crippen LogP contribution is 2.29. The molecule has 0 spiro atoms. The van der Waals surface area contributed by atoms with Crippen LogP contribution < -0.4 is 20.0 Å². The Labute approximate surface area is 104 Å². The first-order valence-corrected chi connectivity index (χ1v) is 5.39. The highest BCUT2D eigenvalue weighted by Gasteiger charge is 2.11. The lowest BCUT2D eigenvalue weighted by atomic mass is 10.2. The molecule has 0 atom stereocenters. The molecule has 96 valence electrons. The van der Waals surface area contributed by atoms with E-state index in [-0.39, 0.29) is 5.56 Å². The van der Waals surface area contributed by atoms with Gasteiger partial charge in [0.25, 0.3) is 5.56 Å². The molecule has 1 aromatic carbocycles. The van der Waals surface area contributed by atoms with Gasteiger partial charge in [-0.15, -0.1) is 0 Å². The Morgan fingerprint density at radius 2 is 1.78 bits per heavy atom. The topological polar surface area (TPSA) is 56.6 Å². The largest absolute Gasteiger partial charge is 0.493 e. The molecule has 0 aliphatic heterocycles. The Kier molecular flexibility index (Phi) is 3.10. The molecule has 1 aromatic heterocycles. The number of aromatic nitrogens is 2. The Hall–Kier alpha value is -2.24. The number of benzene rings is 1. The maximum atomic E-state index is 12.2. The fourth-order valence-corrected chi connectivity index (χ4v) is 1.72. The van der Waals surface area contributed by atoms with Gasteiger partial charge in [0.05, 0.1) is 25.1 Å². The Morgan fingerprint density at radius 3 is 2.33 bits per heavy atom. The van der Waals surface area contributed by atoms with E-state index in [1.807, 2.05) is 0 Å². The van der Waals surface area contributed by atoms with Crippen LogP contribution in [0.1, 0.15) is 0 Å². The van der Waals surface area contributed by atoms with Crippen LogP contribution in [0.5, 0.6) is 11.5 Å². The summed E-state index contributed by atoms with van der Waals surface area (Å²) in [7, 11) is 6.63. The molecule has 0 bridgehead atoms. The van der Waals surface area contributed by atoms with Crippen molar-refractivity contribution in [2.24, 2.45) is 0 Å². The minimum absolute atomic E-state index is 0.147. The molecule has 0 saturated carbocycles. The SMILES string of the molecule is COc1cc2ncn(N(C)C)c(=O)c2cc1OC. The minimum atomic E-state index is -0.147. The molecule has 18 heavy (non-hydrogen) atoms. The van der Waals surface area contributed by atoms with Gasteiger partial charge >= 0.3 is 0 Å². The maximum absolute atomic E-state index is 12.2. The number of hydrogen-bond donors (Lipinski definition) is 0. The first-order chi connectivity index (χ1) is 8.58. The predicted octanol–water partition coefficient (Wildman–Crippen LogP) is 0.611. The molecule has 0 saturated heterocycles. The molecule has 0 unspecified atom stereocenters. The van der Waals surface area contributed by atoms with Gasteiger partial charge < -0.3 is 14.5 Å². The van der Waals surface area contributed by atoms with Gasteiger partial charge in [-0.05, 0) is 6.07 Å². The van der Waals surface area contributed by atoms with Crippen molar-refractivity contribution in [3.05, 3.63) is 28.8 Å². The standard InChI is InChI=1S/C12H15N3O3/c1-14(2)15-7-13-9-6-11(18-4)10(17-3)5-8(9)12(15)16/h5-7H,1-4H3. The summed E-state index contributed by atoms with van der Waals surface area (Å²) in [5, 5.41) is 2.15. The van der Waals surface area contributed by atoms with Crippen molar-refractivity contribution in [3.63, 3.8) is 0 Å². The van der Waals surface area contributed by atoms with Crippen molar-refractivity contribution in [2.45, 2.75) is 0 Å². The fraction of sp³-hybridized carbons (Fsp3) is 0.333. The van der Waals surface area contributed by atoms with Crippen molar-refractivity contribution in [3.8, 4) is 11.5 Å². The summed E-state index contributed by atoms with van der Waals surface area (Å²) in [6, 6.07) is 3.33. The van der Waals surface area contributed by atoms with Crippen molar-refractivity contribution in [1.29, 1.82) is 0 Å². The molecule has 2 rings (SSSR count). The van der Waals surface area contributed by atoms with Crippen LogP contribution in [-0.2, 0) is 0 Å². The lowest BCUT2D eigenvalue weighted by molar-refractivity contribution is 0.355. The van der Waals surface area contributed by atoms with Crippen molar-refractivity contribution >= 4 is 10.9 Å². The Bertz CT molecular complexity index is 634. The molecule has 0 aliphatic carbocycles. The third kappa shape index (κ3) is 1.85. The average Bonchev–Trinajstić information content (AvgIpc) is 2.37. The molecule has 0 fully saturated rings. The Morgan fingerprint density at radius 1 is 1.17 bits per heavy atom. The average molecular weight is 249 g/mol. The summed E-state index contributed by atoms with van der Waals surface area (Å²) in [6.07, 6.45) is 1.48. The van der Waals surface area contributed by atoms with Gasteiger partial charge in [0.1, 0.15) is 6.33 Å². The van der Waals surface area contributed by atoms with Crippen molar-refractivity contribution in [2.75, 3.05) is 33.3 Å². The molecule has 0 radical (unpaired) electrons. The second-order valence-electron chi connectivity index (χ2n) is 3.97. The van der Waals surface area contributed by atoms with Crippen LogP contribution in [0.15, 0.2) is 23.3 Å². The van der Waals surface area contributed by atoms with Crippen LogP contribution >= 0.6 is 0 Å². The van der Waals surface area contributed by atoms with E-state index in [0.717, 1.165) is 0 Å². The first kappa shape index (κ1) is 12.2. The first-order valence-electron chi connectivity index (χ1n) is 5.39. The third-order valence-electron chi connectivity index (χ3n) is 2.68. The summed E-state index contributed by atoms with van der Waals surface area (Å²) in [5.41, 5.74) is 0.432. The van der Waals surface area contributed by atoms with Crippen LogP contribution in [0.2, 0.25) is 0 Å². The van der Waals surface area contributed by atoms with E-state index >= 15 is 0 Å². The van der Waals surface area contributed by atoms with Gasteiger partial charge in [0.15, 0.2) is 11.5 Å². The molecule has 2 aromatic rings. The highest BCUT2D eigenvalue weighted by atomic mass is 16.5. The minimum Gasteiger partial charge on any atom is -0.493 e. The zero-order chi connectivity index (χ0) is 13.3. The second kappa shape index (κ2) is 4.56. The van der Waals surface area contributed by atoms with Crippen molar-refractivity contribution < 1.29 is 9.47 Å². The van der Waals surface area contributed by atoms with E-state index in [4.69, 9.17) is 9.47 Å². The zero-order valence-corrected chi connectivity index (χ0v) is 10.8. The molecular formula is C12H15N3O3. The van der Waals surface area contributed by atoms with Gasteiger partial charge in [-0.25, -0.2) is 9.66 Å². The fourth-order valence-electron chi connectivity index (χ4n) is 1.72. The molecule has 6 nitrogen and oxygen atoms in total. The summed E-state index contributed by atoms with van der Waals surface area (Å²) in [6.45, 7) is 0. The third-order valence-corrected chi connectivity index (χ3v) is 2.68. The number of ether oxygens (including phenoxy) is 2. The number of fused-ring (bicyclic) bond motifs is 1. The van der Waals surface area contributed by atoms with Gasteiger partial charge in [0.2, 0.25) is 0 Å². The number of hydrogen-bond acceptors (Lipinski definition) is 5. The van der Waals surface area contributed by atoms with Crippen molar-refractivity contribution in [1.82, 2.24) is 9.66 Å². The van der Waals surface area contributed by atoms with E-state index in [1.54, 1.807) is 38.3 Å². The Balaban J connectivity index is 2.78. The van der Waals surface area contributed by atoms with Crippen LogP contribution in [0.3, 0.4) is 0 Å². The summed E-state index contributed by atoms with van der Waals surface area (Å²) in [4.78, 5) is 16.5. The number of methoxy groups -OCH3 is 2. The number of rotatable bonds is 3. The molecule has 6 heteroatoms. The van der Waals surface area contributed by atoms with E-state index in [0.29, 0.717) is 22.4 Å². The van der Waals surface area contributed by atoms with E-state index in [1.165, 1.54) is 18.1 Å². The quantitative estimate of drug-likeness (QED) is 0.797. The molecular weight excluding hydrogens is 234 g/mol. The van der Waals surface area contributed by atoms with E-state index < -0.39 is 0 Å². The molecule has 0 amide bonds. The highest BCUT2D eigenvalue weighted by molar-refractivity contribution is 5.81. The van der Waals surface area contributed by atoms with Gasteiger partial charge in [-0.3, -0.25) is 4.79 Å². The summed E-state index contributed by atoms with van der Waals surface area (Å²) in [5.74, 6) is 1.07. The van der Waals surface area contributed by atoms with E-state index in [2.05, 4.69) is 4.98 Å². The van der Waals surface area contributed by atoms with Crippen LogP contribution in [0.4, 0.5) is 0 Å². The normalized spacial score (nSPS) is 10.4. The van der Waals surface area contributed by atoms with Crippen LogP contribution in [0.25, 0.3) is 10.9 Å². The smallest absolute Gasteiger partial charge is 0.280 e. The lowest BCUT2D eigenvalue weighted by Crippen LogP contribution is -2.35. The molecule has 1 heterocycles. The van der Waals surface area contributed by atoms with Gasteiger partial charge in [0, 0.05) is 20.2 Å². The molecule has 0 N–H and O–H groups in total. The van der Waals surface area contributed by atoms with Crippen LogP contribution in [-0.4, -0.2) is 38.0 Å². The summed E-state index contributed by atoms with van der Waals surface area (Å²) >= 11 is 0. The van der Waals surface area contributed by atoms with Gasteiger partial charge in [-0.2, -0.15) is 0 Å². The summed E-state index contributed by atoms with van der Waals surface area (Å²) < 4.78 is 11.8. The van der Waals surface area contributed by atoms with Crippen LogP contribution in [0, 0.1) is 0 Å².